The molecular formula is C18H15N3O4. The van der Waals surface area contributed by atoms with Gasteiger partial charge >= 0.3 is 0 Å². The maximum absolute atomic E-state index is 11.8. The molecule has 126 valence electrons. The first-order valence-corrected chi connectivity index (χ1v) is 7.35. The second-order valence-corrected chi connectivity index (χ2v) is 5.23. The third-order valence-corrected chi connectivity index (χ3v) is 3.61. The Kier molecular flexibility index (Phi) is 4.21. The van der Waals surface area contributed by atoms with Gasteiger partial charge in [0.15, 0.2) is 11.3 Å². The van der Waals surface area contributed by atoms with E-state index in [1.165, 1.54) is 19.2 Å². The predicted octanol–water partition coefficient (Wildman–Crippen LogP) is 1.87. The van der Waals surface area contributed by atoms with Crippen molar-refractivity contribution < 1.29 is 18.7 Å². The first-order chi connectivity index (χ1) is 12.0. The van der Waals surface area contributed by atoms with Crippen molar-refractivity contribution in [1.82, 2.24) is 0 Å². The number of benzene rings is 2. The van der Waals surface area contributed by atoms with E-state index in [1.54, 1.807) is 36.4 Å². The number of carbonyl (C=O) groups is 2. The van der Waals surface area contributed by atoms with Crippen molar-refractivity contribution in [3.05, 3.63) is 65.2 Å². The number of para-hydroxylation sites is 1. The average Bonchev–Trinajstić information content (AvgIpc) is 2.61. The van der Waals surface area contributed by atoms with Gasteiger partial charge in [-0.25, -0.2) is 4.99 Å². The quantitative estimate of drug-likeness (QED) is 0.754. The van der Waals surface area contributed by atoms with E-state index in [-0.39, 0.29) is 11.1 Å². The second-order valence-electron chi connectivity index (χ2n) is 5.23. The lowest BCUT2D eigenvalue weighted by Gasteiger charge is -2.06. The molecule has 0 saturated heterocycles. The highest BCUT2D eigenvalue weighted by Crippen LogP contribution is 2.24. The number of nitrogens with two attached hydrogens (primary N) is 2. The standard InChI is InChI=1S/C18H15N3O4/c1-24-14-4-2-3-11-9-13(17(20)23)18(25-15(11)14)21-12-7-5-10(6-8-12)16(19)22/h2-9H,1H3,(H2,19,22)(H2,20,23). The molecule has 7 nitrogen and oxygen atoms in total. The van der Waals surface area contributed by atoms with Crippen LogP contribution in [0.5, 0.6) is 5.75 Å². The fourth-order valence-electron chi connectivity index (χ4n) is 2.36. The van der Waals surface area contributed by atoms with Crippen LogP contribution in [0.1, 0.15) is 20.7 Å². The van der Waals surface area contributed by atoms with E-state index in [1.807, 2.05) is 0 Å². The Morgan fingerprint density at radius 3 is 2.36 bits per heavy atom. The molecule has 0 saturated carbocycles. The zero-order valence-corrected chi connectivity index (χ0v) is 13.4. The minimum atomic E-state index is -0.666. The van der Waals surface area contributed by atoms with Crippen molar-refractivity contribution >= 4 is 28.5 Å². The molecule has 3 aromatic rings. The Balaban J connectivity index is 2.23. The van der Waals surface area contributed by atoms with Crippen LogP contribution in [0.15, 0.2) is 57.9 Å². The van der Waals surface area contributed by atoms with Crippen LogP contribution in [0.4, 0.5) is 5.69 Å². The summed E-state index contributed by atoms with van der Waals surface area (Å²) in [6.07, 6.45) is 0. The summed E-state index contributed by atoms with van der Waals surface area (Å²) in [6.45, 7) is 0. The van der Waals surface area contributed by atoms with Crippen molar-refractivity contribution in [2.24, 2.45) is 16.5 Å². The number of carbonyl (C=O) groups excluding carboxylic acids is 2. The zero-order valence-electron chi connectivity index (χ0n) is 13.4. The minimum absolute atomic E-state index is 0.0522. The van der Waals surface area contributed by atoms with Gasteiger partial charge in [-0.1, -0.05) is 12.1 Å². The number of nitrogens with zero attached hydrogens (tertiary/aromatic N) is 1. The monoisotopic (exact) mass is 337 g/mol. The summed E-state index contributed by atoms with van der Waals surface area (Å²) in [6, 6.07) is 13.1. The van der Waals surface area contributed by atoms with Crippen molar-refractivity contribution in [2.45, 2.75) is 0 Å². The molecule has 1 heterocycles. The zero-order chi connectivity index (χ0) is 18.0. The molecule has 0 aliphatic carbocycles. The van der Waals surface area contributed by atoms with Gasteiger partial charge < -0.3 is 20.6 Å². The molecule has 1 aromatic heterocycles. The number of rotatable bonds is 4. The number of ether oxygens (including phenoxy) is 1. The van der Waals surface area contributed by atoms with E-state index in [0.717, 1.165) is 0 Å². The largest absolute Gasteiger partial charge is 0.493 e. The highest BCUT2D eigenvalue weighted by molar-refractivity contribution is 5.96. The van der Waals surface area contributed by atoms with E-state index in [0.29, 0.717) is 28.0 Å². The molecule has 0 aliphatic rings. The van der Waals surface area contributed by atoms with Gasteiger partial charge in [0.25, 0.3) is 5.91 Å². The van der Waals surface area contributed by atoms with Crippen LogP contribution >= 0.6 is 0 Å². The Morgan fingerprint density at radius 1 is 1.04 bits per heavy atom. The normalized spacial score (nSPS) is 11.5. The van der Waals surface area contributed by atoms with Crippen molar-refractivity contribution in [3.8, 4) is 5.75 Å². The number of methoxy groups -OCH3 is 1. The fourth-order valence-corrected chi connectivity index (χ4v) is 2.36. The average molecular weight is 337 g/mol. The number of fused-ring (bicyclic) bond motifs is 1. The van der Waals surface area contributed by atoms with Crippen LogP contribution < -0.4 is 21.8 Å². The van der Waals surface area contributed by atoms with E-state index >= 15 is 0 Å². The molecule has 7 heteroatoms. The van der Waals surface area contributed by atoms with Crippen LogP contribution in [0.2, 0.25) is 0 Å². The van der Waals surface area contributed by atoms with Crippen LogP contribution in [0.3, 0.4) is 0 Å². The molecule has 25 heavy (non-hydrogen) atoms. The highest BCUT2D eigenvalue weighted by atomic mass is 16.5. The predicted molar refractivity (Wildman–Crippen MR) is 91.5 cm³/mol. The van der Waals surface area contributed by atoms with Gasteiger partial charge in [-0.3, -0.25) is 9.59 Å². The molecule has 3 rings (SSSR count). The third kappa shape index (κ3) is 3.20. The highest BCUT2D eigenvalue weighted by Gasteiger charge is 2.12. The molecule has 0 atom stereocenters. The summed E-state index contributed by atoms with van der Waals surface area (Å²) in [5.74, 6) is -0.695. The van der Waals surface area contributed by atoms with Gasteiger partial charge in [0.1, 0.15) is 5.56 Å². The van der Waals surface area contributed by atoms with Crippen LogP contribution in [0, 0.1) is 0 Å². The number of hydrogen-bond donors (Lipinski definition) is 2. The van der Waals surface area contributed by atoms with Crippen LogP contribution in [-0.2, 0) is 0 Å². The summed E-state index contributed by atoms with van der Waals surface area (Å²) in [5.41, 5.74) is 12.1. The van der Waals surface area contributed by atoms with Crippen LogP contribution in [0.25, 0.3) is 11.0 Å². The molecule has 2 amide bonds. The van der Waals surface area contributed by atoms with Gasteiger partial charge in [-0.05, 0) is 36.4 Å². The van der Waals surface area contributed by atoms with Gasteiger partial charge in [-0.2, -0.15) is 0 Å². The number of amides is 2. The maximum atomic E-state index is 11.8. The first kappa shape index (κ1) is 16.3. The lowest BCUT2D eigenvalue weighted by atomic mass is 10.1. The minimum Gasteiger partial charge on any atom is -0.493 e. The van der Waals surface area contributed by atoms with E-state index < -0.39 is 11.8 Å². The van der Waals surface area contributed by atoms with Gasteiger partial charge in [0.2, 0.25) is 11.5 Å². The van der Waals surface area contributed by atoms with Gasteiger partial charge in [0.05, 0.1) is 12.8 Å². The molecule has 2 aromatic carbocycles. The third-order valence-electron chi connectivity index (χ3n) is 3.61. The Hall–Kier alpha value is -3.61. The van der Waals surface area contributed by atoms with Crippen molar-refractivity contribution in [1.29, 1.82) is 0 Å². The Morgan fingerprint density at radius 2 is 1.76 bits per heavy atom. The van der Waals surface area contributed by atoms with E-state index in [2.05, 4.69) is 4.99 Å². The molecule has 4 N–H and O–H groups in total. The number of primary amides is 2. The van der Waals surface area contributed by atoms with Gasteiger partial charge in [0, 0.05) is 10.9 Å². The molecule has 0 unspecified atom stereocenters. The van der Waals surface area contributed by atoms with Crippen molar-refractivity contribution in [2.75, 3.05) is 7.11 Å². The molecule has 0 bridgehead atoms. The van der Waals surface area contributed by atoms with Gasteiger partial charge in [-0.15, -0.1) is 0 Å². The Labute approximate surface area is 142 Å². The number of hydrogen-bond acceptors (Lipinski definition) is 5. The second kappa shape index (κ2) is 6.48. The summed E-state index contributed by atoms with van der Waals surface area (Å²) in [5, 5.41) is 0.663. The molecule has 0 fully saturated rings. The van der Waals surface area contributed by atoms with Crippen LogP contribution in [-0.4, -0.2) is 18.9 Å². The molecule has 0 spiro atoms. The molecule has 0 aliphatic heterocycles. The van der Waals surface area contributed by atoms with Crippen molar-refractivity contribution in [3.63, 3.8) is 0 Å². The first-order valence-electron chi connectivity index (χ1n) is 7.35. The fraction of sp³-hybridized carbons (Fsp3) is 0.0556. The maximum Gasteiger partial charge on any atom is 0.254 e. The smallest absolute Gasteiger partial charge is 0.254 e. The SMILES string of the molecule is COc1cccc2cc(C(N)=O)c(=Nc3ccc(C(N)=O)cc3)oc12. The summed E-state index contributed by atoms with van der Waals surface area (Å²) in [4.78, 5) is 27.2. The summed E-state index contributed by atoms with van der Waals surface area (Å²) in [7, 11) is 1.52. The molecule has 0 radical (unpaired) electrons. The summed E-state index contributed by atoms with van der Waals surface area (Å²) >= 11 is 0. The Bertz CT molecular complexity index is 1040. The lowest BCUT2D eigenvalue weighted by molar-refractivity contribution is 0.0989. The summed E-state index contributed by atoms with van der Waals surface area (Å²) < 4.78 is 11.0. The molecular weight excluding hydrogens is 322 g/mol. The van der Waals surface area contributed by atoms with E-state index in [4.69, 9.17) is 20.6 Å². The topological polar surface area (TPSA) is 121 Å². The lowest BCUT2D eigenvalue weighted by Crippen LogP contribution is -2.21. The van der Waals surface area contributed by atoms with E-state index in [9.17, 15) is 9.59 Å².